The van der Waals surface area contributed by atoms with E-state index in [4.69, 9.17) is 16.3 Å². The van der Waals surface area contributed by atoms with Crippen LogP contribution in [0, 0.1) is 5.41 Å². The maximum absolute atomic E-state index is 6.07. The van der Waals surface area contributed by atoms with Gasteiger partial charge in [0.2, 0.25) is 0 Å². The van der Waals surface area contributed by atoms with Gasteiger partial charge in [0.25, 0.3) is 0 Å². The summed E-state index contributed by atoms with van der Waals surface area (Å²) in [5.74, 6) is 0.636. The van der Waals surface area contributed by atoms with Crippen LogP contribution >= 0.6 is 11.6 Å². The minimum Gasteiger partial charge on any atom is -0.467 e. The second-order valence-electron chi connectivity index (χ2n) is 5.53. The van der Waals surface area contributed by atoms with Gasteiger partial charge in [-0.1, -0.05) is 51.6 Å². The number of halogens is 1. The molecule has 0 aliphatic carbocycles. The summed E-state index contributed by atoms with van der Waals surface area (Å²) >= 11 is 6.07. The summed E-state index contributed by atoms with van der Waals surface area (Å²) in [6.07, 6.45) is 6.53. The first-order chi connectivity index (χ1) is 8.98. The van der Waals surface area contributed by atoms with Gasteiger partial charge in [0, 0.05) is 6.54 Å². The van der Waals surface area contributed by atoms with Gasteiger partial charge in [-0.3, -0.25) is 0 Å². The second kappa shape index (κ2) is 7.53. The van der Waals surface area contributed by atoms with Crippen LogP contribution in [-0.4, -0.2) is 23.6 Å². The molecule has 0 saturated carbocycles. The standard InChI is InChI=1S/C14H24ClN3O/c1-5-6-7-8-14(2,3)10-17-12-11(15)9-16-13(18-12)19-4/h9H,5-8,10H2,1-4H3,(H,16,17,18). The molecule has 1 aromatic heterocycles. The second-order valence-corrected chi connectivity index (χ2v) is 5.94. The Hall–Kier alpha value is -1.03. The molecular weight excluding hydrogens is 262 g/mol. The lowest BCUT2D eigenvalue weighted by Gasteiger charge is -2.25. The smallest absolute Gasteiger partial charge is 0.318 e. The maximum Gasteiger partial charge on any atom is 0.318 e. The number of methoxy groups -OCH3 is 1. The Bertz CT molecular complexity index is 396. The largest absolute Gasteiger partial charge is 0.467 e. The highest BCUT2D eigenvalue weighted by molar-refractivity contribution is 6.32. The number of unbranched alkanes of at least 4 members (excludes halogenated alkanes) is 2. The van der Waals surface area contributed by atoms with Crippen LogP contribution in [0.15, 0.2) is 6.20 Å². The monoisotopic (exact) mass is 285 g/mol. The van der Waals surface area contributed by atoms with Crippen LogP contribution in [0.25, 0.3) is 0 Å². The average molecular weight is 286 g/mol. The lowest BCUT2D eigenvalue weighted by Crippen LogP contribution is -2.23. The molecule has 0 fully saturated rings. The number of hydrogen-bond acceptors (Lipinski definition) is 4. The molecule has 5 heteroatoms. The van der Waals surface area contributed by atoms with E-state index in [0.717, 1.165) is 6.54 Å². The molecule has 1 rings (SSSR count). The molecular formula is C14H24ClN3O. The topological polar surface area (TPSA) is 47.0 Å². The Labute approximate surface area is 120 Å². The molecule has 1 N–H and O–H groups in total. The van der Waals surface area contributed by atoms with Gasteiger partial charge in [0.1, 0.15) is 5.02 Å². The fourth-order valence-electron chi connectivity index (χ4n) is 1.84. The van der Waals surface area contributed by atoms with E-state index >= 15 is 0 Å². The number of anilines is 1. The Balaban J connectivity index is 2.55. The molecule has 0 radical (unpaired) electrons. The predicted octanol–water partition coefficient (Wildman–Crippen LogP) is 4.16. The first kappa shape index (κ1) is 16.0. The van der Waals surface area contributed by atoms with Crippen LogP contribution in [0.4, 0.5) is 5.82 Å². The summed E-state index contributed by atoms with van der Waals surface area (Å²) in [5.41, 5.74) is 0.219. The van der Waals surface area contributed by atoms with Gasteiger partial charge >= 0.3 is 6.01 Å². The Kier molecular flexibility index (Phi) is 6.35. The molecule has 0 saturated heterocycles. The molecule has 4 nitrogen and oxygen atoms in total. The summed E-state index contributed by atoms with van der Waals surface area (Å²) in [6, 6.07) is 0.329. The van der Waals surface area contributed by atoms with Crippen molar-refractivity contribution in [2.24, 2.45) is 5.41 Å². The van der Waals surface area contributed by atoms with Crippen LogP contribution in [0.5, 0.6) is 6.01 Å². The van der Waals surface area contributed by atoms with Crippen molar-refractivity contribution in [2.75, 3.05) is 19.0 Å². The number of nitrogens with one attached hydrogen (secondary N) is 1. The zero-order valence-electron chi connectivity index (χ0n) is 12.3. The van der Waals surface area contributed by atoms with Crippen molar-refractivity contribution >= 4 is 17.4 Å². The number of aromatic nitrogens is 2. The lowest BCUT2D eigenvalue weighted by atomic mass is 9.87. The van der Waals surface area contributed by atoms with E-state index in [2.05, 4.69) is 36.1 Å². The first-order valence-corrected chi connectivity index (χ1v) is 7.16. The number of nitrogens with zero attached hydrogens (tertiary/aromatic N) is 2. The van der Waals surface area contributed by atoms with Gasteiger partial charge < -0.3 is 10.1 Å². The summed E-state index contributed by atoms with van der Waals surface area (Å²) in [5, 5.41) is 3.81. The summed E-state index contributed by atoms with van der Waals surface area (Å²) in [7, 11) is 1.54. The van der Waals surface area contributed by atoms with Gasteiger partial charge in [-0.15, -0.1) is 0 Å². The normalized spacial score (nSPS) is 11.4. The van der Waals surface area contributed by atoms with Gasteiger partial charge in [-0.05, 0) is 11.8 Å². The van der Waals surface area contributed by atoms with Gasteiger partial charge in [-0.2, -0.15) is 4.98 Å². The zero-order valence-corrected chi connectivity index (χ0v) is 13.0. The molecule has 0 unspecified atom stereocenters. The minimum absolute atomic E-state index is 0.219. The van der Waals surface area contributed by atoms with Crippen molar-refractivity contribution in [1.82, 2.24) is 9.97 Å². The molecule has 0 amide bonds. The maximum atomic E-state index is 6.07. The third kappa shape index (κ3) is 5.64. The van der Waals surface area contributed by atoms with E-state index in [-0.39, 0.29) is 5.41 Å². The SMILES string of the molecule is CCCCCC(C)(C)CNc1nc(OC)ncc1Cl. The highest BCUT2D eigenvalue weighted by Crippen LogP contribution is 2.26. The fraction of sp³-hybridized carbons (Fsp3) is 0.714. The molecule has 1 heterocycles. The Morgan fingerprint density at radius 3 is 2.74 bits per heavy atom. The van der Waals surface area contributed by atoms with Crippen molar-refractivity contribution in [1.29, 1.82) is 0 Å². The molecule has 0 atom stereocenters. The lowest BCUT2D eigenvalue weighted by molar-refractivity contribution is 0.341. The van der Waals surface area contributed by atoms with Crippen molar-refractivity contribution in [3.05, 3.63) is 11.2 Å². The Morgan fingerprint density at radius 1 is 1.37 bits per heavy atom. The van der Waals surface area contributed by atoms with Crippen LogP contribution < -0.4 is 10.1 Å². The van der Waals surface area contributed by atoms with Crippen LogP contribution in [0.1, 0.15) is 46.5 Å². The van der Waals surface area contributed by atoms with E-state index in [9.17, 15) is 0 Å². The van der Waals surface area contributed by atoms with Crippen molar-refractivity contribution in [2.45, 2.75) is 46.5 Å². The van der Waals surface area contributed by atoms with E-state index in [1.54, 1.807) is 13.3 Å². The molecule has 0 aliphatic heterocycles. The molecule has 1 aromatic rings. The highest BCUT2D eigenvalue weighted by atomic mass is 35.5. The Morgan fingerprint density at radius 2 is 2.11 bits per heavy atom. The van der Waals surface area contributed by atoms with Crippen LogP contribution in [0.3, 0.4) is 0 Å². The third-order valence-corrected chi connectivity index (χ3v) is 3.37. The van der Waals surface area contributed by atoms with E-state index < -0.39 is 0 Å². The van der Waals surface area contributed by atoms with Gasteiger partial charge in [0.05, 0.1) is 13.3 Å². The molecule has 108 valence electrons. The molecule has 0 aliphatic rings. The van der Waals surface area contributed by atoms with Crippen LogP contribution in [0.2, 0.25) is 5.02 Å². The third-order valence-electron chi connectivity index (χ3n) is 3.10. The fourth-order valence-corrected chi connectivity index (χ4v) is 2.00. The van der Waals surface area contributed by atoms with E-state index in [1.165, 1.54) is 25.7 Å². The quantitative estimate of drug-likeness (QED) is 0.729. The minimum atomic E-state index is 0.219. The average Bonchev–Trinajstić information content (AvgIpc) is 2.38. The molecule has 19 heavy (non-hydrogen) atoms. The van der Waals surface area contributed by atoms with Crippen LogP contribution in [-0.2, 0) is 0 Å². The molecule has 0 aromatic carbocycles. The van der Waals surface area contributed by atoms with E-state index in [0.29, 0.717) is 16.9 Å². The predicted molar refractivity (Wildman–Crippen MR) is 80.0 cm³/mol. The summed E-state index contributed by atoms with van der Waals surface area (Å²) in [4.78, 5) is 8.17. The number of ether oxygens (including phenoxy) is 1. The summed E-state index contributed by atoms with van der Waals surface area (Å²) in [6.45, 7) is 7.55. The van der Waals surface area contributed by atoms with Crippen molar-refractivity contribution in [3.63, 3.8) is 0 Å². The van der Waals surface area contributed by atoms with Crippen molar-refractivity contribution in [3.8, 4) is 6.01 Å². The number of hydrogen-bond donors (Lipinski definition) is 1. The summed E-state index contributed by atoms with van der Waals surface area (Å²) < 4.78 is 5.00. The first-order valence-electron chi connectivity index (χ1n) is 6.79. The highest BCUT2D eigenvalue weighted by Gasteiger charge is 2.18. The van der Waals surface area contributed by atoms with Crippen molar-refractivity contribution < 1.29 is 4.74 Å². The van der Waals surface area contributed by atoms with E-state index in [1.807, 2.05) is 0 Å². The molecule has 0 bridgehead atoms. The van der Waals surface area contributed by atoms with Gasteiger partial charge in [0.15, 0.2) is 5.82 Å². The van der Waals surface area contributed by atoms with Gasteiger partial charge in [-0.25, -0.2) is 4.98 Å². The zero-order chi connectivity index (χ0) is 14.3. The number of rotatable bonds is 8. The molecule has 0 spiro atoms.